The molecule has 3 saturated carbocycles. The van der Waals surface area contributed by atoms with Crippen LogP contribution in [0, 0.1) is 23.2 Å². The number of carboxylic acids is 1. The zero-order valence-electron chi connectivity index (χ0n) is 16.2. The molecule has 3 N–H and O–H groups in total. The molecule has 0 aliphatic heterocycles. The van der Waals surface area contributed by atoms with Crippen molar-refractivity contribution in [2.45, 2.75) is 96.2 Å². The average molecular weight is 365 g/mol. The first kappa shape index (κ1) is 19.9. The molecular weight excluding hydrogens is 328 g/mol. The van der Waals surface area contributed by atoms with Crippen molar-refractivity contribution in [2.24, 2.45) is 23.2 Å². The summed E-state index contributed by atoms with van der Waals surface area (Å²) in [4.78, 5) is 10.7. The first-order chi connectivity index (χ1) is 12.4. The third-order valence-electron chi connectivity index (χ3n) is 7.62. The second-order valence-electron chi connectivity index (χ2n) is 9.28. The van der Waals surface area contributed by atoms with Gasteiger partial charge < -0.3 is 15.3 Å². The number of carboxylic acid groups (broad SMARTS) is 1. The number of hydrogen-bond donors (Lipinski definition) is 3. The predicted octanol–water partition coefficient (Wildman–Crippen LogP) is 4.30. The molecule has 3 aliphatic rings. The molecule has 0 aromatic carbocycles. The molecule has 4 heteroatoms. The molecule has 4 nitrogen and oxygen atoms in total. The number of aliphatic hydroxyl groups is 2. The highest BCUT2D eigenvalue weighted by molar-refractivity contribution is 5.66. The molecule has 0 aromatic rings. The second-order valence-corrected chi connectivity index (χ2v) is 9.28. The Morgan fingerprint density at radius 2 is 2.04 bits per heavy atom. The van der Waals surface area contributed by atoms with Gasteiger partial charge in [-0.25, -0.2) is 0 Å². The zero-order valence-corrected chi connectivity index (χ0v) is 16.2. The summed E-state index contributed by atoms with van der Waals surface area (Å²) in [5.74, 6) is 0.736. The van der Waals surface area contributed by atoms with Gasteiger partial charge in [-0.3, -0.25) is 4.79 Å². The molecule has 148 valence electrons. The summed E-state index contributed by atoms with van der Waals surface area (Å²) < 4.78 is 0. The average Bonchev–Trinajstić information content (AvgIpc) is 3.08. The maximum absolute atomic E-state index is 10.7. The topological polar surface area (TPSA) is 77.8 Å². The molecule has 26 heavy (non-hydrogen) atoms. The maximum atomic E-state index is 10.7. The van der Waals surface area contributed by atoms with Gasteiger partial charge in [0.1, 0.15) is 0 Å². The van der Waals surface area contributed by atoms with E-state index in [1.165, 1.54) is 31.3 Å². The van der Waals surface area contributed by atoms with Crippen LogP contribution in [0.4, 0.5) is 0 Å². The fourth-order valence-corrected chi connectivity index (χ4v) is 5.92. The van der Waals surface area contributed by atoms with Crippen LogP contribution >= 0.6 is 0 Å². The van der Waals surface area contributed by atoms with E-state index >= 15 is 0 Å². The highest BCUT2D eigenvalue weighted by Gasteiger charge is 2.54. The first-order valence-corrected chi connectivity index (χ1v) is 10.7. The molecule has 3 fully saturated rings. The SMILES string of the molecule is C[C@]12CC[C@@H](O)[C@H](CCC(O)CC3CCCC3)[C@H]1CC2=CCCC(=O)O. The van der Waals surface area contributed by atoms with Crippen LogP contribution in [0.3, 0.4) is 0 Å². The highest BCUT2D eigenvalue weighted by atomic mass is 16.4. The standard InChI is InChI=1S/C22H36O4/c1-22-12-11-20(24)18(10-9-17(23)13-15-5-2-3-6-15)19(22)14-16(22)7-4-8-21(25)26/h7,15,17-20,23-24H,2-6,8-14H2,1H3,(H,25,26)/t17?,18-,19-,20-,22-/m1/s1. The molecule has 1 unspecified atom stereocenters. The molecule has 3 aliphatic carbocycles. The molecule has 0 amide bonds. The van der Waals surface area contributed by atoms with Gasteiger partial charge in [0.25, 0.3) is 0 Å². The van der Waals surface area contributed by atoms with Crippen molar-refractivity contribution in [1.82, 2.24) is 0 Å². The number of carbonyl (C=O) groups is 1. The molecular formula is C22H36O4. The lowest BCUT2D eigenvalue weighted by atomic mass is 9.47. The van der Waals surface area contributed by atoms with Crippen molar-refractivity contribution in [3.05, 3.63) is 11.6 Å². The monoisotopic (exact) mass is 364 g/mol. The van der Waals surface area contributed by atoms with Crippen LogP contribution in [-0.2, 0) is 4.79 Å². The maximum Gasteiger partial charge on any atom is 0.303 e. The number of aliphatic carboxylic acids is 1. The van der Waals surface area contributed by atoms with Crippen LogP contribution in [-0.4, -0.2) is 33.5 Å². The largest absolute Gasteiger partial charge is 0.481 e. The van der Waals surface area contributed by atoms with Gasteiger partial charge in [0.15, 0.2) is 0 Å². The summed E-state index contributed by atoms with van der Waals surface area (Å²) in [6, 6.07) is 0. The minimum Gasteiger partial charge on any atom is -0.481 e. The number of rotatable bonds is 8. The van der Waals surface area contributed by atoms with Crippen molar-refractivity contribution in [3.8, 4) is 0 Å². The van der Waals surface area contributed by atoms with E-state index in [4.69, 9.17) is 5.11 Å². The Labute approximate surface area is 157 Å². The van der Waals surface area contributed by atoms with E-state index in [0.717, 1.165) is 38.5 Å². The fourth-order valence-electron chi connectivity index (χ4n) is 5.92. The fraction of sp³-hybridized carbons (Fsp3) is 0.864. The lowest BCUT2D eigenvalue weighted by molar-refractivity contribution is -0.136. The van der Waals surface area contributed by atoms with Crippen molar-refractivity contribution in [3.63, 3.8) is 0 Å². The van der Waals surface area contributed by atoms with E-state index in [0.29, 0.717) is 18.3 Å². The summed E-state index contributed by atoms with van der Waals surface area (Å²) >= 11 is 0. The number of hydrogen-bond acceptors (Lipinski definition) is 3. The van der Waals surface area contributed by atoms with Crippen molar-refractivity contribution in [1.29, 1.82) is 0 Å². The molecule has 3 rings (SSSR count). The number of allylic oxidation sites excluding steroid dienone is 2. The van der Waals surface area contributed by atoms with E-state index in [9.17, 15) is 15.0 Å². The van der Waals surface area contributed by atoms with Gasteiger partial charge in [-0.15, -0.1) is 0 Å². The van der Waals surface area contributed by atoms with Gasteiger partial charge in [-0.05, 0) is 68.1 Å². The van der Waals surface area contributed by atoms with Gasteiger partial charge in [0.05, 0.1) is 12.2 Å². The van der Waals surface area contributed by atoms with Gasteiger partial charge in [-0.2, -0.15) is 0 Å². The second kappa shape index (κ2) is 8.43. The predicted molar refractivity (Wildman–Crippen MR) is 102 cm³/mol. The van der Waals surface area contributed by atoms with E-state index in [1.807, 2.05) is 0 Å². The molecule has 0 bridgehead atoms. The summed E-state index contributed by atoms with van der Waals surface area (Å²) in [7, 11) is 0. The molecule has 0 spiro atoms. The Morgan fingerprint density at radius 3 is 2.73 bits per heavy atom. The molecule has 0 saturated heterocycles. The van der Waals surface area contributed by atoms with E-state index in [2.05, 4.69) is 13.0 Å². The van der Waals surface area contributed by atoms with Crippen molar-refractivity contribution < 1.29 is 20.1 Å². The third kappa shape index (κ3) is 4.33. The van der Waals surface area contributed by atoms with Crippen LogP contribution in [0.2, 0.25) is 0 Å². The molecule has 0 aromatic heterocycles. The van der Waals surface area contributed by atoms with Crippen LogP contribution in [0.25, 0.3) is 0 Å². The highest BCUT2D eigenvalue weighted by Crippen LogP contribution is 2.61. The third-order valence-corrected chi connectivity index (χ3v) is 7.62. The lowest BCUT2D eigenvalue weighted by Gasteiger charge is -2.58. The van der Waals surface area contributed by atoms with Crippen LogP contribution in [0.1, 0.15) is 84.0 Å². The van der Waals surface area contributed by atoms with Gasteiger partial charge in [0, 0.05) is 6.42 Å². The molecule has 0 radical (unpaired) electrons. The lowest BCUT2D eigenvalue weighted by Crippen LogP contribution is -2.52. The summed E-state index contributed by atoms with van der Waals surface area (Å²) in [6.45, 7) is 2.29. The number of fused-ring (bicyclic) bond motifs is 1. The van der Waals surface area contributed by atoms with Crippen LogP contribution in [0.5, 0.6) is 0 Å². The Bertz CT molecular complexity index is 522. The summed E-state index contributed by atoms with van der Waals surface area (Å²) in [6.07, 6.45) is 13.1. The van der Waals surface area contributed by atoms with E-state index in [-0.39, 0.29) is 30.0 Å². The number of aliphatic hydroxyl groups excluding tert-OH is 2. The van der Waals surface area contributed by atoms with E-state index in [1.54, 1.807) is 0 Å². The van der Waals surface area contributed by atoms with Gasteiger partial charge >= 0.3 is 5.97 Å². The molecule has 0 heterocycles. The van der Waals surface area contributed by atoms with Crippen molar-refractivity contribution >= 4 is 5.97 Å². The Hall–Kier alpha value is -0.870. The quantitative estimate of drug-likeness (QED) is 0.561. The van der Waals surface area contributed by atoms with Gasteiger partial charge in [0.2, 0.25) is 0 Å². The van der Waals surface area contributed by atoms with Crippen molar-refractivity contribution in [2.75, 3.05) is 0 Å². The van der Waals surface area contributed by atoms with Crippen LogP contribution in [0.15, 0.2) is 11.6 Å². The van der Waals surface area contributed by atoms with Crippen LogP contribution < -0.4 is 0 Å². The smallest absolute Gasteiger partial charge is 0.303 e. The Kier molecular flexibility index (Phi) is 6.45. The summed E-state index contributed by atoms with van der Waals surface area (Å²) in [5, 5.41) is 29.8. The minimum absolute atomic E-state index is 0.138. The Morgan fingerprint density at radius 1 is 1.31 bits per heavy atom. The minimum atomic E-state index is -0.740. The normalized spacial score (nSPS) is 37.3. The Balaban J connectivity index is 1.52. The first-order valence-electron chi connectivity index (χ1n) is 10.7. The zero-order chi connectivity index (χ0) is 18.7. The molecule has 5 atom stereocenters. The van der Waals surface area contributed by atoms with Gasteiger partial charge in [-0.1, -0.05) is 44.3 Å². The summed E-state index contributed by atoms with van der Waals surface area (Å²) in [5.41, 5.74) is 1.53. The van der Waals surface area contributed by atoms with E-state index < -0.39 is 5.97 Å².